The zero-order chi connectivity index (χ0) is 13.3. The highest BCUT2D eigenvalue weighted by molar-refractivity contribution is 14.1. The maximum Gasteiger partial charge on any atom is 0.203 e. The smallest absolute Gasteiger partial charge is 0.203 e. The van der Waals surface area contributed by atoms with Gasteiger partial charge in [0.2, 0.25) is 3.83 Å². The molecule has 4 aliphatic rings. The molecule has 2 nitrogen and oxygen atoms in total. The van der Waals surface area contributed by atoms with E-state index >= 15 is 0 Å². The lowest BCUT2D eigenvalue weighted by atomic mass is 9.40. The Labute approximate surface area is 133 Å². The Bertz CT molecular complexity index is 508. The first kappa shape index (κ1) is 13.0. The Balaban J connectivity index is 1.67. The molecule has 2 unspecified atom stereocenters. The molecule has 4 bridgehead atoms. The van der Waals surface area contributed by atoms with E-state index < -0.39 is 0 Å². The maximum atomic E-state index is 4.63. The molecule has 4 aliphatic carbocycles. The predicted molar refractivity (Wildman–Crippen MR) is 86.2 cm³/mol. The Hall–Kier alpha value is 0.290. The van der Waals surface area contributed by atoms with Crippen molar-refractivity contribution in [3.05, 3.63) is 8.84 Å². The van der Waals surface area contributed by atoms with Gasteiger partial charge in [0.05, 0.1) is 0 Å². The van der Waals surface area contributed by atoms with E-state index in [1.807, 2.05) is 0 Å². The number of hydrogen-bond acceptors (Lipinski definition) is 3. The van der Waals surface area contributed by atoms with Crippen LogP contribution in [0.1, 0.15) is 57.4 Å². The standard InChI is InChI=1S/C15H21IN2S/c1-13-3-10-4-14(2,7-13)9-15(5-10,8-13)6-11-17-12(16)18-19-11/h10H,3-9H2,1-2H3. The summed E-state index contributed by atoms with van der Waals surface area (Å²) in [6.45, 7) is 5.10. The lowest BCUT2D eigenvalue weighted by molar-refractivity contribution is -0.144. The molecule has 5 rings (SSSR count). The van der Waals surface area contributed by atoms with Crippen LogP contribution in [0.15, 0.2) is 0 Å². The summed E-state index contributed by atoms with van der Waals surface area (Å²) in [5.41, 5.74) is 1.78. The van der Waals surface area contributed by atoms with Gasteiger partial charge in [-0.2, -0.15) is 4.37 Å². The molecule has 4 fully saturated rings. The molecule has 2 atom stereocenters. The summed E-state index contributed by atoms with van der Waals surface area (Å²) in [7, 11) is 0. The SMILES string of the molecule is CC12CC3CC(C)(C1)CC(Cc1nc(I)ns1)(C3)C2. The fraction of sp³-hybridized carbons (Fsp3) is 0.867. The third kappa shape index (κ3) is 2.17. The average Bonchev–Trinajstić information content (AvgIpc) is 2.56. The normalized spacial score (nSPS) is 47.8. The zero-order valence-corrected chi connectivity index (χ0v) is 14.7. The second-order valence-electron chi connectivity index (χ2n) is 8.26. The molecule has 1 aromatic heterocycles. The quantitative estimate of drug-likeness (QED) is 0.688. The number of nitrogens with zero attached hydrogens (tertiary/aromatic N) is 2. The molecule has 0 radical (unpaired) electrons. The highest BCUT2D eigenvalue weighted by Crippen LogP contribution is 2.70. The van der Waals surface area contributed by atoms with Gasteiger partial charge >= 0.3 is 0 Å². The van der Waals surface area contributed by atoms with Gasteiger partial charge in [-0.25, -0.2) is 4.98 Å². The van der Waals surface area contributed by atoms with Crippen molar-refractivity contribution in [2.24, 2.45) is 22.2 Å². The van der Waals surface area contributed by atoms with Crippen LogP contribution in [0.25, 0.3) is 0 Å². The van der Waals surface area contributed by atoms with Gasteiger partial charge in [0, 0.05) is 29.0 Å². The van der Waals surface area contributed by atoms with Gasteiger partial charge in [0.25, 0.3) is 0 Å². The lowest BCUT2D eigenvalue weighted by Gasteiger charge is -2.65. The van der Waals surface area contributed by atoms with Crippen molar-refractivity contribution in [1.29, 1.82) is 0 Å². The van der Waals surface area contributed by atoms with Crippen LogP contribution < -0.4 is 0 Å². The van der Waals surface area contributed by atoms with Crippen LogP contribution in [-0.4, -0.2) is 9.36 Å². The van der Waals surface area contributed by atoms with E-state index in [1.54, 1.807) is 11.5 Å². The van der Waals surface area contributed by atoms with Crippen LogP contribution in [0.5, 0.6) is 0 Å². The summed E-state index contributed by atoms with van der Waals surface area (Å²) in [4.78, 5) is 4.63. The molecule has 1 aromatic rings. The molecule has 4 heteroatoms. The largest absolute Gasteiger partial charge is 0.215 e. The highest BCUT2D eigenvalue weighted by atomic mass is 127. The lowest BCUT2D eigenvalue weighted by Crippen LogP contribution is -2.55. The minimum absolute atomic E-state index is 0.547. The molecule has 0 spiro atoms. The Morgan fingerprint density at radius 2 is 1.84 bits per heavy atom. The minimum Gasteiger partial charge on any atom is -0.215 e. The summed E-state index contributed by atoms with van der Waals surface area (Å²) in [5.74, 6) is 0.984. The van der Waals surface area contributed by atoms with E-state index in [9.17, 15) is 0 Å². The van der Waals surface area contributed by atoms with Gasteiger partial charge in [0.15, 0.2) is 0 Å². The first-order chi connectivity index (χ1) is 8.88. The van der Waals surface area contributed by atoms with Crippen molar-refractivity contribution in [2.75, 3.05) is 0 Å². The summed E-state index contributed by atoms with van der Waals surface area (Å²) >= 11 is 3.86. The van der Waals surface area contributed by atoms with Gasteiger partial charge in [0.1, 0.15) is 5.01 Å². The first-order valence-corrected chi connectivity index (χ1v) is 9.21. The predicted octanol–water partition coefficient (Wildman–Crippen LogP) is 4.68. The molecule has 19 heavy (non-hydrogen) atoms. The Kier molecular flexibility index (Phi) is 2.69. The average molecular weight is 388 g/mol. The second kappa shape index (κ2) is 3.93. The molecule has 0 amide bonds. The van der Waals surface area contributed by atoms with Crippen LogP contribution in [0.4, 0.5) is 0 Å². The molecule has 0 saturated heterocycles. The third-order valence-electron chi connectivity index (χ3n) is 5.71. The minimum atomic E-state index is 0.547. The number of rotatable bonds is 2. The molecule has 4 saturated carbocycles. The Morgan fingerprint density at radius 1 is 1.16 bits per heavy atom. The summed E-state index contributed by atoms with van der Waals surface area (Å²) in [5, 5.41) is 1.28. The first-order valence-electron chi connectivity index (χ1n) is 7.36. The fourth-order valence-corrected chi connectivity index (χ4v) is 7.98. The van der Waals surface area contributed by atoms with Gasteiger partial charge in [-0.3, -0.25) is 0 Å². The number of aromatic nitrogens is 2. The summed E-state index contributed by atoms with van der Waals surface area (Å²) < 4.78 is 5.30. The molecular formula is C15H21IN2S. The van der Waals surface area contributed by atoms with E-state index in [1.165, 1.54) is 50.0 Å². The molecule has 0 N–H and O–H groups in total. The molecule has 1 heterocycles. The van der Waals surface area contributed by atoms with E-state index in [0.29, 0.717) is 16.2 Å². The van der Waals surface area contributed by atoms with Crippen molar-refractivity contribution in [2.45, 2.75) is 58.8 Å². The van der Waals surface area contributed by atoms with Crippen LogP contribution in [-0.2, 0) is 6.42 Å². The maximum absolute atomic E-state index is 4.63. The van der Waals surface area contributed by atoms with Crippen LogP contribution in [0.3, 0.4) is 0 Å². The van der Waals surface area contributed by atoms with E-state index in [2.05, 4.69) is 45.8 Å². The van der Waals surface area contributed by atoms with Crippen molar-refractivity contribution in [1.82, 2.24) is 9.36 Å². The topological polar surface area (TPSA) is 25.8 Å². The Morgan fingerprint density at radius 3 is 2.37 bits per heavy atom. The van der Waals surface area contributed by atoms with E-state index in [-0.39, 0.29) is 0 Å². The second-order valence-corrected chi connectivity index (χ2v) is 10.1. The van der Waals surface area contributed by atoms with Gasteiger partial charge in [-0.1, -0.05) is 13.8 Å². The fourth-order valence-electron chi connectivity index (χ4n) is 6.51. The van der Waals surface area contributed by atoms with Crippen LogP contribution in [0, 0.1) is 26.0 Å². The number of hydrogen-bond donors (Lipinski definition) is 0. The molecule has 0 aliphatic heterocycles. The monoisotopic (exact) mass is 388 g/mol. The van der Waals surface area contributed by atoms with Crippen LogP contribution >= 0.6 is 34.1 Å². The van der Waals surface area contributed by atoms with Crippen LogP contribution in [0.2, 0.25) is 0 Å². The van der Waals surface area contributed by atoms with Crippen molar-refractivity contribution >= 4 is 34.1 Å². The molecule has 104 valence electrons. The van der Waals surface area contributed by atoms with Crippen molar-refractivity contribution in [3.8, 4) is 0 Å². The number of halogens is 1. The van der Waals surface area contributed by atoms with Gasteiger partial charge < -0.3 is 0 Å². The van der Waals surface area contributed by atoms with E-state index in [0.717, 1.165) is 9.75 Å². The highest BCUT2D eigenvalue weighted by Gasteiger charge is 2.59. The summed E-state index contributed by atoms with van der Waals surface area (Å²) in [6.07, 6.45) is 9.94. The van der Waals surface area contributed by atoms with Gasteiger partial charge in [-0.15, -0.1) is 0 Å². The summed E-state index contributed by atoms with van der Waals surface area (Å²) in [6, 6.07) is 0. The van der Waals surface area contributed by atoms with Gasteiger partial charge in [-0.05, 0) is 72.2 Å². The molecular weight excluding hydrogens is 367 g/mol. The molecule has 0 aromatic carbocycles. The zero-order valence-electron chi connectivity index (χ0n) is 11.7. The third-order valence-corrected chi connectivity index (χ3v) is 7.23. The van der Waals surface area contributed by atoms with E-state index in [4.69, 9.17) is 0 Å². The van der Waals surface area contributed by atoms with Crippen molar-refractivity contribution in [3.63, 3.8) is 0 Å². The van der Waals surface area contributed by atoms with Crippen molar-refractivity contribution < 1.29 is 0 Å².